The third-order valence-electron chi connectivity index (χ3n) is 15.9. The van der Waals surface area contributed by atoms with Crippen molar-refractivity contribution < 1.29 is 69.0 Å². The van der Waals surface area contributed by atoms with E-state index in [1.807, 2.05) is 0 Å². The number of rotatable bonds is 55. The van der Waals surface area contributed by atoms with Crippen molar-refractivity contribution in [3.8, 4) is 0 Å². The number of ether oxygens (including phenoxy) is 6. The van der Waals surface area contributed by atoms with E-state index in [2.05, 4.69) is 62.5 Å². The Hall–Kier alpha value is -2.05. The highest BCUT2D eigenvalue weighted by atomic mass is 16.7. The van der Waals surface area contributed by atoms with Crippen LogP contribution >= 0.6 is 0 Å². The Morgan fingerprint density at radius 3 is 1.26 bits per heavy atom. The number of carbonyl (C=O) groups excluding carboxylic acids is 1. The monoisotopic (exact) mass is 1150 g/mol. The molecule has 2 aliphatic rings. The maximum atomic E-state index is 13.1. The summed E-state index contributed by atoms with van der Waals surface area (Å²) in [7, 11) is 0. The fraction of sp³-hybridized carbons (Fsp3) is 0.866. The van der Waals surface area contributed by atoms with Gasteiger partial charge in [-0.1, -0.05) is 262 Å². The molecule has 0 aliphatic carbocycles. The first-order valence-corrected chi connectivity index (χ1v) is 33.2. The number of hydrogen-bond acceptors (Lipinski definition) is 14. The molecule has 474 valence electrons. The van der Waals surface area contributed by atoms with E-state index in [1.165, 1.54) is 180 Å². The van der Waals surface area contributed by atoms with Gasteiger partial charge < -0.3 is 64.2 Å². The van der Waals surface area contributed by atoms with Crippen LogP contribution in [0.2, 0.25) is 0 Å². The molecular formula is C67H122O14. The first kappa shape index (κ1) is 75.0. The summed E-state index contributed by atoms with van der Waals surface area (Å²) in [6, 6.07) is 0. The molecule has 0 saturated carbocycles. The highest BCUT2D eigenvalue weighted by Gasteiger charge is 2.47. The molecule has 0 aromatic rings. The van der Waals surface area contributed by atoms with E-state index >= 15 is 0 Å². The normalized spacial score (nSPS) is 24.0. The van der Waals surface area contributed by atoms with Crippen molar-refractivity contribution >= 4 is 5.97 Å². The van der Waals surface area contributed by atoms with Crippen LogP contribution in [0.15, 0.2) is 48.6 Å². The molecule has 11 atom stereocenters. The molecule has 14 nitrogen and oxygen atoms in total. The molecule has 11 unspecified atom stereocenters. The van der Waals surface area contributed by atoms with Crippen LogP contribution in [0.5, 0.6) is 0 Å². The van der Waals surface area contributed by atoms with E-state index < -0.39 is 80.7 Å². The maximum absolute atomic E-state index is 13.1. The first-order chi connectivity index (χ1) is 39.6. The summed E-state index contributed by atoms with van der Waals surface area (Å²) in [6.45, 7) is 3.63. The van der Waals surface area contributed by atoms with E-state index in [9.17, 15) is 40.5 Å². The molecule has 2 heterocycles. The minimum atomic E-state index is -1.71. The van der Waals surface area contributed by atoms with Crippen LogP contribution in [0.4, 0.5) is 0 Å². The molecule has 0 aromatic carbocycles. The summed E-state index contributed by atoms with van der Waals surface area (Å²) >= 11 is 0. The van der Waals surface area contributed by atoms with E-state index in [1.54, 1.807) is 0 Å². The fourth-order valence-electron chi connectivity index (χ4n) is 10.6. The van der Waals surface area contributed by atoms with Crippen LogP contribution in [-0.4, -0.2) is 142 Å². The highest BCUT2D eigenvalue weighted by Crippen LogP contribution is 2.27. The topological polar surface area (TPSA) is 214 Å². The van der Waals surface area contributed by atoms with E-state index in [0.29, 0.717) is 13.0 Å². The Kier molecular flexibility index (Phi) is 49.5. The zero-order valence-electron chi connectivity index (χ0n) is 51.3. The number of hydrogen-bond donors (Lipinski definition) is 7. The van der Waals surface area contributed by atoms with Gasteiger partial charge in [-0.2, -0.15) is 0 Å². The summed E-state index contributed by atoms with van der Waals surface area (Å²) in [5.41, 5.74) is 0. The second kappa shape index (κ2) is 53.4. The van der Waals surface area contributed by atoms with Gasteiger partial charge >= 0.3 is 5.97 Å². The van der Waals surface area contributed by atoms with Crippen LogP contribution in [-0.2, 0) is 33.2 Å². The van der Waals surface area contributed by atoms with Crippen molar-refractivity contribution in [2.24, 2.45) is 0 Å². The summed E-state index contributed by atoms with van der Waals surface area (Å²) in [6.07, 6.45) is 50.4. The van der Waals surface area contributed by atoms with Gasteiger partial charge in [0, 0.05) is 13.0 Å². The summed E-state index contributed by atoms with van der Waals surface area (Å²) in [5.74, 6) is -0.370. The Morgan fingerprint density at radius 2 is 0.802 bits per heavy atom. The second-order valence-corrected chi connectivity index (χ2v) is 23.3. The summed E-state index contributed by atoms with van der Waals surface area (Å²) in [5, 5.41) is 72.6. The average molecular weight is 1150 g/mol. The first-order valence-electron chi connectivity index (χ1n) is 33.2. The molecular weight excluding hydrogens is 1030 g/mol. The van der Waals surface area contributed by atoms with Gasteiger partial charge in [0.15, 0.2) is 12.6 Å². The van der Waals surface area contributed by atoms with Gasteiger partial charge in [-0.3, -0.25) is 4.79 Å². The average Bonchev–Trinajstić information content (AvgIpc) is 3.60. The second-order valence-electron chi connectivity index (χ2n) is 23.3. The van der Waals surface area contributed by atoms with Crippen LogP contribution in [0.3, 0.4) is 0 Å². The number of aliphatic hydroxyl groups excluding tert-OH is 7. The SMILES string of the molecule is CC/C=C\C/C=C\C/C=C\C/C=C\CCCCCCCCCCCCCCCOCC(COC1OC(COC2OC(CO)C(O)C(O)C2O)C(O)C(O)C1O)OC(=O)CCCCCCCCCCCCCCCCCCCCCCC. The van der Waals surface area contributed by atoms with E-state index in [4.69, 9.17) is 28.4 Å². The molecule has 7 N–H and O–H groups in total. The molecule has 14 heteroatoms. The van der Waals surface area contributed by atoms with Gasteiger partial charge in [-0.25, -0.2) is 0 Å². The van der Waals surface area contributed by atoms with Crippen LogP contribution in [0, 0.1) is 0 Å². The Bertz CT molecular complexity index is 1520. The molecule has 81 heavy (non-hydrogen) atoms. The zero-order chi connectivity index (χ0) is 58.6. The third-order valence-corrected chi connectivity index (χ3v) is 15.9. The van der Waals surface area contributed by atoms with E-state index in [-0.39, 0.29) is 25.6 Å². The largest absolute Gasteiger partial charge is 0.457 e. The zero-order valence-corrected chi connectivity index (χ0v) is 51.3. The van der Waals surface area contributed by atoms with Crippen molar-refractivity contribution in [1.29, 1.82) is 0 Å². The van der Waals surface area contributed by atoms with Crippen LogP contribution < -0.4 is 0 Å². The molecule has 2 rings (SSSR count). The molecule has 0 bridgehead atoms. The van der Waals surface area contributed by atoms with Gasteiger partial charge in [0.25, 0.3) is 0 Å². The van der Waals surface area contributed by atoms with Crippen molar-refractivity contribution in [3.05, 3.63) is 48.6 Å². The lowest BCUT2D eigenvalue weighted by molar-refractivity contribution is -0.332. The van der Waals surface area contributed by atoms with Gasteiger partial charge in [0.1, 0.15) is 54.9 Å². The lowest BCUT2D eigenvalue weighted by Gasteiger charge is -2.42. The lowest BCUT2D eigenvalue weighted by Crippen LogP contribution is -2.61. The Labute approximate surface area is 492 Å². The minimum Gasteiger partial charge on any atom is -0.457 e. The highest BCUT2D eigenvalue weighted by molar-refractivity contribution is 5.69. The molecule has 0 radical (unpaired) electrons. The fourth-order valence-corrected chi connectivity index (χ4v) is 10.6. The number of unbranched alkanes of at least 4 members (excludes halogenated alkanes) is 33. The third kappa shape index (κ3) is 39.3. The van der Waals surface area contributed by atoms with Crippen LogP contribution in [0.25, 0.3) is 0 Å². The van der Waals surface area contributed by atoms with Crippen molar-refractivity contribution in [3.63, 3.8) is 0 Å². The summed E-state index contributed by atoms with van der Waals surface area (Å²) in [4.78, 5) is 13.1. The minimum absolute atomic E-state index is 0.0635. The number of esters is 1. The lowest BCUT2D eigenvalue weighted by atomic mass is 9.98. The van der Waals surface area contributed by atoms with Crippen molar-refractivity contribution in [2.45, 2.75) is 338 Å². The number of aliphatic hydroxyl groups is 7. The van der Waals surface area contributed by atoms with Gasteiger partial charge in [0.05, 0.1) is 26.4 Å². The van der Waals surface area contributed by atoms with Gasteiger partial charge in [-0.05, 0) is 51.4 Å². The molecule has 0 amide bonds. The van der Waals surface area contributed by atoms with Gasteiger partial charge in [-0.15, -0.1) is 0 Å². The number of carbonyl (C=O) groups is 1. The van der Waals surface area contributed by atoms with E-state index in [0.717, 1.165) is 64.2 Å². The summed E-state index contributed by atoms with van der Waals surface area (Å²) < 4.78 is 34.5. The van der Waals surface area contributed by atoms with Crippen molar-refractivity contribution in [2.75, 3.05) is 33.0 Å². The molecule has 0 aromatic heterocycles. The predicted octanol–water partition coefficient (Wildman–Crippen LogP) is 13.4. The molecule has 2 saturated heterocycles. The quantitative estimate of drug-likeness (QED) is 0.0171. The molecule has 0 spiro atoms. The molecule has 2 fully saturated rings. The van der Waals surface area contributed by atoms with Crippen molar-refractivity contribution in [1.82, 2.24) is 0 Å². The van der Waals surface area contributed by atoms with Crippen LogP contribution in [0.1, 0.15) is 271 Å². The molecule has 2 aliphatic heterocycles. The van der Waals surface area contributed by atoms with Gasteiger partial charge in [0.2, 0.25) is 0 Å². The standard InChI is InChI=1S/C67H122O14/c1-3-5-7-9-11-13-15-17-19-21-23-25-26-27-28-29-31-33-35-37-39-41-43-45-47-49-51-76-53-56(54-77-66-65(75)63(73)61(71)58(81-66)55-78-67-64(74)62(72)60(70)57(52-68)80-67)79-59(69)50-48-46-44-42-40-38-36-34-32-30-24-22-20-18-16-14-12-10-8-6-4-2/h5,7,11,13,17,19,23,25,56-58,60-68,70-75H,3-4,6,8-10,12,14-16,18,20-22,24,26-55H2,1-2H3/b7-5-,13-11-,19-17-,25-23-. The predicted molar refractivity (Wildman–Crippen MR) is 326 cm³/mol. The smallest absolute Gasteiger partial charge is 0.306 e. The Balaban J connectivity index is 1.65. The number of allylic oxidation sites excluding steroid dienone is 8. The maximum Gasteiger partial charge on any atom is 0.306 e. The Morgan fingerprint density at radius 1 is 0.420 bits per heavy atom.